The Kier molecular flexibility index (Phi) is 5.00. The minimum Gasteiger partial charge on any atom is -0.368 e. The molecule has 0 bridgehead atoms. The Morgan fingerprint density at radius 1 is 1.06 bits per heavy atom. The van der Waals surface area contributed by atoms with Crippen LogP contribution in [0.5, 0.6) is 0 Å². The first-order valence-electron chi connectivity index (χ1n) is 10.7. The third kappa shape index (κ3) is 3.26. The molecule has 1 saturated heterocycles. The second-order valence-electron chi connectivity index (χ2n) is 8.17. The van der Waals surface area contributed by atoms with Crippen LogP contribution in [0, 0.1) is 18.3 Å². The van der Waals surface area contributed by atoms with E-state index in [2.05, 4.69) is 26.3 Å². The molecule has 32 heavy (non-hydrogen) atoms. The predicted octanol–water partition coefficient (Wildman–Crippen LogP) is 3.02. The fourth-order valence-corrected chi connectivity index (χ4v) is 4.70. The molecule has 1 unspecified atom stereocenters. The van der Waals surface area contributed by atoms with Gasteiger partial charge in [0.2, 0.25) is 5.91 Å². The number of nitriles is 1. The number of aromatic nitrogens is 2. The zero-order valence-electron chi connectivity index (χ0n) is 17.9. The summed E-state index contributed by atoms with van der Waals surface area (Å²) >= 11 is 0. The van der Waals surface area contributed by atoms with E-state index in [1.165, 1.54) is 0 Å². The van der Waals surface area contributed by atoms with Gasteiger partial charge in [-0.3, -0.25) is 14.1 Å². The molecule has 0 spiro atoms. The molecule has 1 fully saturated rings. The Labute approximate surface area is 186 Å². The third-order valence-corrected chi connectivity index (χ3v) is 6.25. The molecular weight excluding hydrogens is 400 g/mol. The van der Waals surface area contributed by atoms with E-state index in [-0.39, 0.29) is 5.91 Å². The highest BCUT2D eigenvalue weighted by Gasteiger charge is 2.30. The number of rotatable bonds is 4. The zero-order valence-corrected chi connectivity index (χ0v) is 17.9. The lowest BCUT2D eigenvalue weighted by Crippen LogP contribution is -2.50. The van der Waals surface area contributed by atoms with E-state index >= 15 is 0 Å². The van der Waals surface area contributed by atoms with Crippen LogP contribution in [0.1, 0.15) is 22.7 Å². The molecule has 160 valence electrons. The number of nitrogens with zero attached hydrogens (tertiary/aromatic N) is 5. The first-order chi connectivity index (χ1) is 15.6. The molecule has 1 aliphatic heterocycles. The van der Waals surface area contributed by atoms with Crippen LogP contribution in [-0.4, -0.2) is 46.4 Å². The number of pyridine rings is 1. The molecule has 0 radical (unpaired) electrons. The zero-order chi connectivity index (χ0) is 22.2. The molecule has 7 heteroatoms. The van der Waals surface area contributed by atoms with Gasteiger partial charge in [-0.2, -0.15) is 5.26 Å². The number of hydrogen-bond donors (Lipinski definition) is 1. The number of primary amides is 1. The predicted molar refractivity (Wildman–Crippen MR) is 124 cm³/mol. The van der Waals surface area contributed by atoms with Crippen molar-refractivity contribution < 1.29 is 4.79 Å². The van der Waals surface area contributed by atoms with Crippen molar-refractivity contribution in [2.75, 3.05) is 31.1 Å². The first-order valence-corrected chi connectivity index (χ1v) is 10.7. The highest BCUT2D eigenvalue weighted by Crippen LogP contribution is 2.30. The fourth-order valence-electron chi connectivity index (χ4n) is 4.70. The monoisotopic (exact) mass is 424 g/mol. The van der Waals surface area contributed by atoms with Crippen LogP contribution in [0.25, 0.3) is 16.7 Å². The van der Waals surface area contributed by atoms with E-state index in [1.54, 1.807) is 0 Å². The van der Waals surface area contributed by atoms with Crippen LogP contribution in [0.3, 0.4) is 0 Å². The summed E-state index contributed by atoms with van der Waals surface area (Å²) in [6, 6.07) is 21.6. The maximum atomic E-state index is 12.3. The molecule has 0 saturated carbocycles. The SMILES string of the molecule is Cc1cc(N2CCN(C(C(N)=O)c3ccccc3)CC2)n2c(nc3ccccc32)c1C#N. The molecule has 2 aromatic heterocycles. The Balaban J connectivity index is 1.50. The van der Waals surface area contributed by atoms with Crippen LogP contribution in [-0.2, 0) is 4.79 Å². The summed E-state index contributed by atoms with van der Waals surface area (Å²) in [6.45, 7) is 4.84. The van der Waals surface area contributed by atoms with Gasteiger partial charge in [-0.15, -0.1) is 0 Å². The molecule has 1 amide bonds. The van der Waals surface area contributed by atoms with E-state index in [4.69, 9.17) is 10.7 Å². The molecule has 2 aromatic carbocycles. The number of hydrogen-bond acceptors (Lipinski definition) is 5. The van der Waals surface area contributed by atoms with Crippen molar-refractivity contribution in [3.05, 3.63) is 77.4 Å². The van der Waals surface area contributed by atoms with Gasteiger partial charge >= 0.3 is 0 Å². The highest BCUT2D eigenvalue weighted by molar-refractivity contribution is 5.85. The number of piperazine rings is 1. The third-order valence-electron chi connectivity index (χ3n) is 6.25. The van der Waals surface area contributed by atoms with E-state index in [9.17, 15) is 10.1 Å². The summed E-state index contributed by atoms with van der Waals surface area (Å²) in [5, 5.41) is 9.73. The normalized spacial score (nSPS) is 15.7. The van der Waals surface area contributed by atoms with Crippen molar-refractivity contribution in [2.24, 2.45) is 5.73 Å². The van der Waals surface area contributed by atoms with Crippen molar-refractivity contribution in [3.63, 3.8) is 0 Å². The van der Waals surface area contributed by atoms with Crippen LogP contribution in [0.15, 0.2) is 60.7 Å². The maximum Gasteiger partial charge on any atom is 0.239 e. The van der Waals surface area contributed by atoms with Crippen molar-refractivity contribution >= 4 is 28.4 Å². The molecular formula is C25H24N6O. The van der Waals surface area contributed by atoms with Crippen LogP contribution in [0.2, 0.25) is 0 Å². The summed E-state index contributed by atoms with van der Waals surface area (Å²) in [7, 11) is 0. The van der Waals surface area contributed by atoms with Crippen molar-refractivity contribution in [1.29, 1.82) is 5.26 Å². The van der Waals surface area contributed by atoms with E-state index in [0.717, 1.165) is 41.1 Å². The smallest absolute Gasteiger partial charge is 0.239 e. The molecule has 7 nitrogen and oxygen atoms in total. The summed E-state index contributed by atoms with van der Waals surface area (Å²) < 4.78 is 2.08. The topological polar surface area (TPSA) is 90.7 Å². The second kappa shape index (κ2) is 7.98. The number of carbonyl (C=O) groups is 1. The number of amides is 1. The van der Waals surface area contributed by atoms with Crippen molar-refractivity contribution in [1.82, 2.24) is 14.3 Å². The summed E-state index contributed by atoms with van der Waals surface area (Å²) in [5.74, 6) is 0.682. The lowest BCUT2D eigenvalue weighted by atomic mass is 10.0. The summed E-state index contributed by atoms with van der Waals surface area (Å²) in [6.07, 6.45) is 0. The quantitative estimate of drug-likeness (QED) is 0.544. The molecule has 4 aromatic rings. The minimum absolute atomic E-state index is 0.332. The molecule has 2 N–H and O–H groups in total. The Bertz CT molecular complexity index is 1350. The van der Waals surface area contributed by atoms with Gasteiger partial charge in [0.15, 0.2) is 5.65 Å². The average molecular weight is 425 g/mol. The Hall–Kier alpha value is -3.89. The van der Waals surface area contributed by atoms with Crippen LogP contribution in [0.4, 0.5) is 5.82 Å². The molecule has 1 atom stereocenters. The van der Waals surface area contributed by atoms with E-state index < -0.39 is 6.04 Å². The van der Waals surface area contributed by atoms with Gasteiger partial charge in [0.05, 0.1) is 16.6 Å². The standard InChI is InChI=1S/C25H24N6O/c1-17-15-22(31-21-10-6-5-9-20(21)28-25(31)19(17)16-26)29-11-13-30(14-12-29)23(24(27)32)18-7-3-2-4-8-18/h2-10,15,23H,11-14H2,1H3,(H2,27,32). The Morgan fingerprint density at radius 2 is 1.75 bits per heavy atom. The lowest BCUT2D eigenvalue weighted by Gasteiger charge is -2.39. The first kappa shape index (κ1) is 20.0. The fraction of sp³-hybridized carbons (Fsp3) is 0.240. The lowest BCUT2D eigenvalue weighted by molar-refractivity contribution is -0.123. The number of para-hydroxylation sites is 2. The number of anilines is 1. The van der Waals surface area contributed by atoms with Gasteiger partial charge in [0.25, 0.3) is 0 Å². The van der Waals surface area contributed by atoms with Crippen LogP contribution >= 0.6 is 0 Å². The highest BCUT2D eigenvalue weighted by atomic mass is 16.1. The second-order valence-corrected chi connectivity index (χ2v) is 8.17. The Morgan fingerprint density at radius 3 is 2.44 bits per heavy atom. The van der Waals surface area contributed by atoms with Gasteiger partial charge in [-0.25, -0.2) is 4.98 Å². The minimum atomic E-state index is -0.435. The molecule has 5 rings (SSSR count). The number of imidazole rings is 1. The summed E-state index contributed by atoms with van der Waals surface area (Å²) in [5.41, 5.74) is 10.7. The van der Waals surface area contributed by atoms with Gasteiger partial charge in [0, 0.05) is 26.2 Å². The number of benzene rings is 2. The van der Waals surface area contributed by atoms with Crippen molar-refractivity contribution in [3.8, 4) is 6.07 Å². The molecule has 3 heterocycles. The number of fused-ring (bicyclic) bond motifs is 3. The average Bonchev–Trinajstić information content (AvgIpc) is 3.19. The molecule has 0 aliphatic carbocycles. The van der Waals surface area contributed by atoms with Gasteiger partial charge < -0.3 is 10.6 Å². The summed E-state index contributed by atoms with van der Waals surface area (Å²) in [4.78, 5) is 21.5. The molecule has 1 aliphatic rings. The van der Waals surface area contributed by atoms with Gasteiger partial charge in [-0.05, 0) is 36.2 Å². The van der Waals surface area contributed by atoms with Gasteiger partial charge in [-0.1, -0.05) is 42.5 Å². The number of aryl methyl sites for hydroxylation is 1. The van der Waals surface area contributed by atoms with Gasteiger partial charge in [0.1, 0.15) is 17.9 Å². The largest absolute Gasteiger partial charge is 0.368 e. The van der Waals surface area contributed by atoms with E-state index in [1.807, 2.05) is 61.5 Å². The van der Waals surface area contributed by atoms with Crippen LogP contribution < -0.4 is 10.6 Å². The number of nitrogens with two attached hydrogens (primary N) is 1. The van der Waals surface area contributed by atoms with E-state index in [0.29, 0.717) is 24.3 Å². The van der Waals surface area contributed by atoms with Crippen molar-refractivity contribution in [2.45, 2.75) is 13.0 Å². The maximum absolute atomic E-state index is 12.3. The number of carbonyl (C=O) groups excluding carboxylic acids is 1.